The van der Waals surface area contributed by atoms with Crippen LogP contribution in [0.2, 0.25) is 0 Å². The number of para-hydroxylation sites is 1. The van der Waals surface area contributed by atoms with E-state index in [1.54, 1.807) is 0 Å². The van der Waals surface area contributed by atoms with Crippen molar-refractivity contribution in [2.75, 3.05) is 19.6 Å². The molecule has 3 rings (SSSR count). The van der Waals surface area contributed by atoms with Gasteiger partial charge in [0.25, 0.3) is 0 Å². The molecule has 0 atom stereocenters. The number of ketones is 2. The number of fused-ring (bicyclic) bond motifs is 1. The first-order valence-corrected chi connectivity index (χ1v) is 9.14. The minimum absolute atomic E-state index is 0.0397. The highest BCUT2D eigenvalue weighted by Gasteiger charge is 2.28. The molecule has 1 aromatic heterocycles. The monoisotopic (exact) mass is 344 g/mol. The summed E-state index contributed by atoms with van der Waals surface area (Å²) in [6.45, 7) is 9.30. The van der Waals surface area contributed by atoms with Crippen molar-refractivity contribution in [2.24, 2.45) is 5.92 Å². The number of carbonyl (C=O) groups excluding carboxylic acids is 2. The fourth-order valence-corrected chi connectivity index (χ4v) is 3.39. The van der Waals surface area contributed by atoms with Crippen molar-refractivity contribution >= 4 is 22.5 Å². The summed E-state index contributed by atoms with van der Waals surface area (Å²) in [4.78, 5) is 25.4. The minimum atomic E-state index is -0.487. The van der Waals surface area contributed by atoms with Crippen molar-refractivity contribution in [3.63, 3.8) is 0 Å². The highest BCUT2D eigenvalue weighted by molar-refractivity contribution is 6.00. The van der Waals surface area contributed by atoms with E-state index in [1.165, 1.54) is 13.8 Å². The molecule has 25 heavy (non-hydrogen) atoms. The lowest BCUT2D eigenvalue weighted by atomic mass is 9.90. The van der Waals surface area contributed by atoms with Crippen molar-refractivity contribution in [3.05, 3.63) is 30.0 Å². The topological polar surface area (TPSA) is 63.4 Å². The summed E-state index contributed by atoms with van der Waals surface area (Å²) in [5, 5.41) is 5.35. The van der Waals surface area contributed by atoms with E-state index < -0.39 is 5.92 Å². The van der Waals surface area contributed by atoms with Gasteiger partial charge in [0.05, 0.1) is 11.6 Å². The van der Waals surface area contributed by atoms with E-state index in [9.17, 15) is 9.59 Å². The normalized spacial score (nSPS) is 15.9. The molecule has 1 aliphatic heterocycles. The van der Waals surface area contributed by atoms with Gasteiger partial charge in [-0.2, -0.15) is 0 Å². The molecule has 0 saturated carbocycles. The van der Waals surface area contributed by atoms with E-state index in [2.05, 4.69) is 16.1 Å². The maximum Gasteiger partial charge on any atom is 0.167 e. The van der Waals surface area contributed by atoms with Gasteiger partial charge in [-0.1, -0.05) is 31.1 Å². The van der Waals surface area contributed by atoms with Gasteiger partial charge in [-0.3, -0.25) is 9.59 Å². The Morgan fingerprint density at radius 3 is 2.36 bits per heavy atom. The predicted molar refractivity (Wildman–Crippen MR) is 98.6 cm³/mol. The van der Waals surface area contributed by atoms with E-state index in [0.29, 0.717) is 12.5 Å². The standard InChI is InChI=1S/C18H22N2O3.C2H6/c1-12(21)16(13(2)22)11-20-9-7-14(8-10-20)18-15-5-3-4-6-17(15)23-19-18;1-2/h3-6,14,16H,7-11H2,1-2H3;1-2H3. The van der Waals surface area contributed by atoms with E-state index in [1.807, 2.05) is 32.0 Å². The quantitative estimate of drug-likeness (QED) is 0.771. The van der Waals surface area contributed by atoms with Gasteiger partial charge in [0.1, 0.15) is 11.6 Å². The fraction of sp³-hybridized carbons (Fsp3) is 0.550. The smallest absolute Gasteiger partial charge is 0.167 e. The number of Topliss-reactive ketones (excluding diaryl/α,β-unsaturated/α-hetero) is 2. The molecule has 2 aromatic rings. The lowest BCUT2D eigenvalue weighted by Crippen LogP contribution is -2.40. The number of hydrogen-bond donors (Lipinski definition) is 0. The maximum absolute atomic E-state index is 11.6. The van der Waals surface area contributed by atoms with Crippen molar-refractivity contribution < 1.29 is 14.1 Å². The summed E-state index contributed by atoms with van der Waals surface area (Å²) in [5.74, 6) is -0.188. The lowest BCUT2D eigenvalue weighted by Gasteiger charge is -2.32. The van der Waals surface area contributed by atoms with Gasteiger partial charge >= 0.3 is 0 Å². The Balaban J connectivity index is 0.00000109. The summed E-state index contributed by atoms with van der Waals surface area (Å²) in [7, 11) is 0. The van der Waals surface area contributed by atoms with Crippen LogP contribution in [0.5, 0.6) is 0 Å². The number of piperidine rings is 1. The maximum atomic E-state index is 11.6. The highest BCUT2D eigenvalue weighted by atomic mass is 16.5. The molecule has 5 heteroatoms. The lowest BCUT2D eigenvalue weighted by molar-refractivity contribution is -0.131. The zero-order chi connectivity index (χ0) is 18.4. The van der Waals surface area contributed by atoms with Crippen LogP contribution in [0.3, 0.4) is 0 Å². The molecule has 5 nitrogen and oxygen atoms in total. The zero-order valence-electron chi connectivity index (χ0n) is 15.6. The molecule has 0 aliphatic carbocycles. The number of likely N-dealkylation sites (tertiary alicyclic amines) is 1. The SMILES string of the molecule is CC.CC(=O)C(CN1CCC(c2noc3ccccc23)CC1)C(C)=O. The number of rotatable bonds is 5. The van der Waals surface area contributed by atoms with Crippen molar-refractivity contribution in [2.45, 2.75) is 46.5 Å². The Kier molecular flexibility index (Phi) is 6.88. The molecule has 0 amide bonds. The van der Waals surface area contributed by atoms with Crippen LogP contribution >= 0.6 is 0 Å². The molecule has 0 bridgehead atoms. The summed E-state index contributed by atoms with van der Waals surface area (Å²) >= 11 is 0. The van der Waals surface area contributed by atoms with Gasteiger partial charge in [-0.15, -0.1) is 0 Å². The molecule has 1 saturated heterocycles. The molecular weight excluding hydrogens is 316 g/mol. The third kappa shape index (κ3) is 4.54. The first-order valence-electron chi connectivity index (χ1n) is 9.14. The van der Waals surface area contributed by atoms with Crippen LogP contribution in [-0.4, -0.2) is 41.3 Å². The number of benzene rings is 1. The molecule has 0 radical (unpaired) electrons. The van der Waals surface area contributed by atoms with Crippen LogP contribution in [-0.2, 0) is 9.59 Å². The van der Waals surface area contributed by atoms with Crippen LogP contribution < -0.4 is 0 Å². The largest absolute Gasteiger partial charge is 0.356 e. The summed E-state index contributed by atoms with van der Waals surface area (Å²) in [6.07, 6.45) is 1.94. The molecule has 2 heterocycles. The second kappa shape index (κ2) is 8.90. The van der Waals surface area contributed by atoms with Gasteiger partial charge in [-0.05, 0) is 51.9 Å². The van der Waals surface area contributed by atoms with E-state index in [0.717, 1.165) is 42.6 Å². The first kappa shape index (κ1) is 19.3. The average molecular weight is 344 g/mol. The minimum Gasteiger partial charge on any atom is -0.356 e. The van der Waals surface area contributed by atoms with Gasteiger partial charge in [0.2, 0.25) is 0 Å². The van der Waals surface area contributed by atoms with Crippen LogP contribution in [0.25, 0.3) is 11.0 Å². The average Bonchev–Trinajstić information content (AvgIpc) is 3.05. The Bertz CT molecular complexity index is 701. The summed E-state index contributed by atoms with van der Waals surface area (Å²) < 4.78 is 5.40. The van der Waals surface area contributed by atoms with Crippen molar-refractivity contribution in [1.82, 2.24) is 10.1 Å². The second-order valence-electron chi connectivity index (χ2n) is 6.41. The van der Waals surface area contributed by atoms with Crippen LogP contribution in [0.1, 0.15) is 52.1 Å². The molecule has 136 valence electrons. The predicted octanol–water partition coefficient (Wildman–Crippen LogP) is 3.83. The van der Waals surface area contributed by atoms with Crippen molar-refractivity contribution in [1.29, 1.82) is 0 Å². The molecule has 0 N–H and O–H groups in total. The molecule has 0 unspecified atom stereocenters. The number of aromatic nitrogens is 1. The van der Waals surface area contributed by atoms with Gasteiger partial charge < -0.3 is 9.42 Å². The number of nitrogens with zero attached hydrogens (tertiary/aromatic N) is 2. The van der Waals surface area contributed by atoms with Crippen LogP contribution in [0.15, 0.2) is 28.8 Å². The Hall–Kier alpha value is -2.01. The fourth-order valence-electron chi connectivity index (χ4n) is 3.39. The highest BCUT2D eigenvalue weighted by Crippen LogP contribution is 2.32. The van der Waals surface area contributed by atoms with E-state index in [4.69, 9.17) is 4.52 Å². The van der Waals surface area contributed by atoms with Crippen LogP contribution in [0.4, 0.5) is 0 Å². The molecule has 1 aromatic carbocycles. The third-order valence-electron chi connectivity index (χ3n) is 4.80. The van der Waals surface area contributed by atoms with Crippen LogP contribution in [0, 0.1) is 5.92 Å². The zero-order valence-corrected chi connectivity index (χ0v) is 15.6. The van der Waals surface area contributed by atoms with Crippen molar-refractivity contribution in [3.8, 4) is 0 Å². The van der Waals surface area contributed by atoms with Gasteiger partial charge in [0.15, 0.2) is 5.58 Å². The molecule has 1 aliphatic rings. The van der Waals surface area contributed by atoms with Gasteiger partial charge in [0, 0.05) is 17.8 Å². The van der Waals surface area contributed by atoms with E-state index >= 15 is 0 Å². The molecule has 1 fully saturated rings. The summed E-state index contributed by atoms with van der Waals surface area (Å²) in [5.41, 5.74) is 1.87. The summed E-state index contributed by atoms with van der Waals surface area (Å²) in [6, 6.07) is 7.94. The second-order valence-corrected chi connectivity index (χ2v) is 6.41. The molecular formula is C20H28N2O3. The Labute approximate surface area is 149 Å². The Morgan fingerprint density at radius 1 is 1.16 bits per heavy atom. The van der Waals surface area contributed by atoms with E-state index in [-0.39, 0.29) is 11.6 Å². The third-order valence-corrected chi connectivity index (χ3v) is 4.80. The number of carbonyl (C=O) groups is 2. The molecule has 0 spiro atoms. The van der Waals surface area contributed by atoms with Gasteiger partial charge in [-0.25, -0.2) is 0 Å². The number of hydrogen-bond acceptors (Lipinski definition) is 5. The Morgan fingerprint density at radius 2 is 1.76 bits per heavy atom. The first-order chi connectivity index (χ1) is 12.1.